The fourth-order valence-electron chi connectivity index (χ4n) is 3.65. The summed E-state index contributed by atoms with van der Waals surface area (Å²) in [7, 11) is 0. The lowest BCUT2D eigenvalue weighted by Gasteiger charge is -2.04. The van der Waals surface area contributed by atoms with Gasteiger partial charge in [-0.2, -0.15) is 0 Å². The Hall–Kier alpha value is -3.54. The monoisotopic (exact) mass is 398 g/mol. The molecule has 0 saturated carbocycles. The molecule has 2 aliphatic rings. The van der Waals surface area contributed by atoms with Crippen LogP contribution < -0.4 is 0 Å². The maximum absolute atomic E-state index is 5.76. The van der Waals surface area contributed by atoms with E-state index in [1.54, 1.807) is 0 Å². The molecule has 0 aliphatic carbocycles. The van der Waals surface area contributed by atoms with Gasteiger partial charge >= 0.3 is 0 Å². The zero-order chi connectivity index (χ0) is 20.2. The summed E-state index contributed by atoms with van der Waals surface area (Å²) < 4.78 is 11.5. The van der Waals surface area contributed by atoms with Gasteiger partial charge < -0.3 is 9.47 Å². The normalized spacial score (nSPS) is 20.3. The Morgan fingerprint density at radius 3 is 1.43 bits per heavy atom. The van der Waals surface area contributed by atoms with Crippen molar-refractivity contribution in [1.82, 2.24) is 10.2 Å². The van der Waals surface area contributed by atoms with Crippen LogP contribution in [-0.2, 0) is 22.3 Å². The highest BCUT2D eigenvalue weighted by Crippen LogP contribution is 2.17. The first-order valence-electron chi connectivity index (χ1n) is 10.2. The fourth-order valence-corrected chi connectivity index (χ4v) is 3.65. The number of rotatable bonds is 6. The summed E-state index contributed by atoms with van der Waals surface area (Å²) in [4.78, 5) is 9.34. The molecule has 0 saturated heterocycles. The van der Waals surface area contributed by atoms with Gasteiger partial charge in [0.15, 0.2) is 0 Å². The van der Waals surface area contributed by atoms with Crippen LogP contribution >= 0.6 is 0 Å². The Bertz CT molecular complexity index is 963. The molecule has 0 fully saturated rings. The van der Waals surface area contributed by atoms with Crippen LogP contribution in [0.5, 0.6) is 0 Å². The summed E-state index contributed by atoms with van der Waals surface area (Å²) in [6, 6.07) is 24.6. The molecule has 6 nitrogen and oxygen atoms in total. The highest BCUT2D eigenvalue weighted by atomic mass is 16.5. The molecule has 2 aliphatic heterocycles. The quantitative estimate of drug-likeness (QED) is 0.639. The molecule has 3 heterocycles. The third kappa shape index (κ3) is 4.22. The van der Waals surface area contributed by atoms with Crippen molar-refractivity contribution in [2.24, 2.45) is 9.98 Å². The van der Waals surface area contributed by atoms with E-state index >= 15 is 0 Å². The van der Waals surface area contributed by atoms with Crippen LogP contribution in [0.1, 0.15) is 22.5 Å². The number of ether oxygens (including phenoxy) is 2. The predicted molar refractivity (Wildman–Crippen MR) is 115 cm³/mol. The Balaban J connectivity index is 1.24. The molecule has 30 heavy (non-hydrogen) atoms. The lowest BCUT2D eigenvalue weighted by Crippen LogP contribution is -2.11. The molecule has 150 valence electrons. The van der Waals surface area contributed by atoms with Crippen molar-refractivity contribution in [3.8, 4) is 0 Å². The van der Waals surface area contributed by atoms with E-state index in [1.165, 1.54) is 11.1 Å². The molecule has 3 aromatic rings. The van der Waals surface area contributed by atoms with Gasteiger partial charge in [0, 0.05) is 0 Å². The van der Waals surface area contributed by atoms with Crippen molar-refractivity contribution >= 4 is 11.8 Å². The number of hydrogen-bond acceptors (Lipinski definition) is 6. The molecular formula is C24H22N4O2. The summed E-state index contributed by atoms with van der Waals surface area (Å²) >= 11 is 0. The topological polar surface area (TPSA) is 69.0 Å². The number of benzene rings is 2. The molecule has 0 radical (unpaired) electrons. The van der Waals surface area contributed by atoms with Crippen LogP contribution in [0.25, 0.3) is 0 Å². The van der Waals surface area contributed by atoms with Gasteiger partial charge in [0.05, 0.1) is 12.1 Å². The summed E-state index contributed by atoms with van der Waals surface area (Å²) in [5.74, 6) is 1.09. The largest absolute Gasteiger partial charge is 0.474 e. The standard InChI is InChI=1S/C24H22N4O2/c1-3-7-17(8-4-1)13-19-15-29-23(25-19)21-11-12-22(28-27-21)24-26-20(16-30-24)14-18-9-5-2-6-10-18/h1-12,19-20H,13-16H2/t19-,20-/m1/s1. The van der Waals surface area contributed by atoms with Gasteiger partial charge in [-0.15, -0.1) is 10.2 Å². The lowest BCUT2D eigenvalue weighted by atomic mass is 10.1. The maximum Gasteiger partial charge on any atom is 0.237 e. The van der Waals surface area contributed by atoms with Crippen molar-refractivity contribution in [1.29, 1.82) is 0 Å². The summed E-state index contributed by atoms with van der Waals surface area (Å²) in [6.07, 6.45) is 1.70. The molecule has 1 aromatic heterocycles. The minimum Gasteiger partial charge on any atom is -0.474 e. The second kappa shape index (κ2) is 8.45. The zero-order valence-electron chi connectivity index (χ0n) is 16.5. The second-order valence-electron chi connectivity index (χ2n) is 7.48. The Labute approximate surface area is 175 Å². The third-order valence-corrected chi connectivity index (χ3v) is 5.16. The van der Waals surface area contributed by atoms with E-state index in [-0.39, 0.29) is 12.1 Å². The minimum absolute atomic E-state index is 0.102. The van der Waals surface area contributed by atoms with Gasteiger partial charge in [0.1, 0.15) is 24.6 Å². The molecule has 0 N–H and O–H groups in total. The van der Waals surface area contributed by atoms with Crippen molar-refractivity contribution in [3.63, 3.8) is 0 Å². The summed E-state index contributed by atoms with van der Waals surface area (Å²) in [5.41, 5.74) is 3.76. The van der Waals surface area contributed by atoms with Crippen LogP contribution in [0.15, 0.2) is 82.8 Å². The van der Waals surface area contributed by atoms with Gasteiger partial charge in [-0.3, -0.25) is 0 Å². The maximum atomic E-state index is 5.76. The molecule has 6 heteroatoms. The molecule has 0 unspecified atom stereocenters. The van der Waals surface area contributed by atoms with Crippen LogP contribution in [0, 0.1) is 0 Å². The van der Waals surface area contributed by atoms with Gasteiger partial charge in [-0.1, -0.05) is 60.7 Å². The average molecular weight is 398 g/mol. The van der Waals surface area contributed by atoms with Crippen molar-refractivity contribution in [2.75, 3.05) is 13.2 Å². The van der Waals surface area contributed by atoms with Crippen LogP contribution in [0.4, 0.5) is 0 Å². The van der Waals surface area contributed by atoms with Gasteiger partial charge in [-0.25, -0.2) is 9.98 Å². The molecular weight excluding hydrogens is 376 g/mol. The van der Waals surface area contributed by atoms with Crippen LogP contribution in [0.3, 0.4) is 0 Å². The van der Waals surface area contributed by atoms with Crippen molar-refractivity contribution in [3.05, 3.63) is 95.3 Å². The Kier molecular flexibility index (Phi) is 5.21. The van der Waals surface area contributed by atoms with Crippen molar-refractivity contribution in [2.45, 2.75) is 24.9 Å². The molecule has 0 spiro atoms. The molecule has 2 atom stereocenters. The lowest BCUT2D eigenvalue weighted by molar-refractivity contribution is 0.314. The highest BCUT2D eigenvalue weighted by molar-refractivity contribution is 5.95. The Morgan fingerprint density at radius 2 is 1.03 bits per heavy atom. The first-order chi connectivity index (χ1) is 14.8. The first-order valence-corrected chi connectivity index (χ1v) is 10.2. The number of aromatic nitrogens is 2. The third-order valence-electron chi connectivity index (χ3n) is 5.16. The summed E-state index contributed by atoms with van der Waals surface area (Å²) in [5, 5.41) is 8.58. The highest BCUT2D eigenvalue weighted by Gasteiger charge is 2.24. The van der Waals surface area contributed by atoms with Crippen LogP contribution in [-0.4, -0.2) is 47.3 Å². The first kappa shape index (κ1) is 18.5. The van der Waals surface area contributed by atoms with Gasteiger partial charge in [-0.05, 0) is 36.1 Å². The van der Waals surface area contributed by atoms with E-state index in [1.807, 2.05) is 48.5 Å². The SMILES string of the molecule is c1ccc(C[C@@H]2COC(c3ccc(C4=N[C@H](Cc5ccccc5)CO4)nn3)=N2)cc1. The molecule has 0 amide bonds. The number of nitrogens with zero attached hydrogens (tertiary/aromatic N) is 4. The fraction of sp³-hybridized carbons (Fsp3) is 0.250. The predicted octanol–water partition coefficient (Wildman–Crippen LogP) is 3.25. The molecule has 0 bridgehead atoms. The molecule has 2 aromatic carbocycles. The van der Waals surface area contributed by atoms with E-state index in [4.69, 9.17) is 9.47 Å². The van der Waals surface area contributed by atoms with E-state index in [0.717, 1.165) is 12.8 Å². The van der Waals surface area contributed by atoms with E-state index in [2.05, 4.69) is 44.4 Å². The number of aliphatic imine (C=N–C) groups is 2. The van der Waals surface area contributed by atoms with Crippen LogP contribution in [0.2, 0.25) is 0 Å². The van der Waals surface area contributed by atoms with Crippen molar-refractivity contribution < 1.29 is 9.47 Å². The van der Waals surface area contributed by atoms with E-state index in [0.29, 0.717) is 36.4 Å². The second-order valence-corrected chi connectivity index (χ2v) is 7.48. The van der Waals surface area contributed by atoms with Gasteiger partial charge in [0.2, 0.25) is 11.8 Å². The minimum atomic E-state index is 0.102. The Morgan fingerprint density at radius 1 is 0.600 bits per heavy atom. The number of hydrogen-bond donors (Lipinski definition) is 0. The van der Waals surface area contributed by atoms with Gasteiger partial charge in [0.25, 0.3) is 0 Å². The smallest absolute Gasteiger partial charge is 0.237 e. The average Bonchev–Trinajstić information content (AvgIpc) is 3.45. The van der Waals surface area contributed by atoms with E-state index in [9.17, 15) is 0 Å². The zero-order valence-corrected chi connectivity index (χ0v) is 16.5. The van der Waals surface area contributed by atoms with E-state index < -0.39 is 0 Å². The summed E-state index contributed by atoms with van der Waals surface area (Å²) in [6.45, 7) is 1.12. The molecule has 5 rings (SSSR count).